The third-order valence-corrected chi connectivity index (χ3v) is 3.51. The van der Waals surface area contributed by atoms with Crippen molar-refractivity contribution in [3.8, 4) is 0 Å². The van der Waals surface area contributed by atoms with Crippen molar-refractivity contribution in [1.29, 1.82) is 0 Å². The molecule has 0 aromatic rings. The number of ether oxygens (including phenoxy) is 1. The number of carbonyl (C=O) groups excluding carboxylic acids is 3. The first-order valence-corrected chi connectivity index (χ1v) is 7.30. The molecule has 1 N–H and O–H groups in total. The summed E-state index contributed by atoms with van der Waals surface area (Å²) in [5.74, 6) is -0.0928. The largest absolute Gasteiger partial charge is 0.444 e. The maximum absolute atomic E-state index is 12.2. The van der Waals surface area contributed by atoms with Gasteiger partial charge in [-0.1, -0.05) is 0 Å². The number of nitrogens with zero attached hydrogens (tertiary/aromatic N) is 2. The summed E-state index contributed by atoms with van der Waals surface area (Å²) in [6, 6.07) is -0.178. The van der Waals surface area contributed by atoms with Crippen molar-refractivity contribution in [1.82, 2.24) is 15.1 Å². The normalized spacial score (nSPS) is 23.9. The van der Waals surface area contributed by atoms with Crippen LogP contribution in [0.15, 0.2) is 0 Å². The first-order valence-electron chi connectivity index (χ1n) is 7.30. The molecule has 2 aliphatic heterocycles. The number of nitrogens with one attached hydrogen (secondary N) is 1. The van der Waals surface area contributed by atoms with Gasteiger partial charge in [0.1, 0.15) is 12.1 Å². The zero-order valence-electron chi connectivity index (χ0n) is 12.8. The fourth-order valence-corrected chi connectivity index (χ4v) is 2.55. The van der Waals surface area contributed by atoms with E-state index in [1.165, 1.54) is 4.90 Å². The molecule has 0 aliphatic carbocycles. The fraction of sp³-hybridized carbons (Fsp3) is 0.786. The van der Waals surface area contributed by atoms with Gasteiger partial charge in [0.15, 0.2) is 0 Å². The molecule has 0 saturated carbocycles. The minimum absolute atomic E-state index is 0.00325. The number of hydrogen-bond acceptors (Lipinski definition) is 4. The molecule has 2 saturated heterocycles. The van der Waals surface area contributed by atoms with Crippen molar-refractivity contribution >= 4 is 17.9 Å². The number of rotatable bonds is 0. The predicted molar refractivity (Wildman–Crippen MR) is 75.6 cm³/mol. The number of carbonyl (C=O) groups is 3. The van der Waals surface area contributed by atoms with Crippen LogP contribution in [0.2, 0.25) is 0 Å². The lowest BCUT2D eigenvalue weighted by Gasteiger charge is -2.42. The molecule has 0 spiro atoms. The van der Waals surface area contributed by atoms with Gasteiger partial charge in [-0.05, 0) is 27.2 Å². The summed E-state index contributed by atoms with van der Waals surface area (Å²) in [4.78, 5) is 39.0. The highest BCUT2D eigenvalue weighted by Crippen LogP contribution is 2.17. The fourth-order valence-electron chi connectivity index (χ4n) is 2.55. The first kappa shape index (κ1) is 15.6. The van der Waals surface area contributed by atoms with E-state index in [9.17, 15) is 14.4 Å². The molecule has 7 heteroatoms. The highest BCUT2D eigenvalue weighted by Gasteiger charge is 2.36. The molecule has 1 atom stereocenters. The molecule has 2 heterocycles. The minimum atomic E-state index is -0.591. The molecule has 2 rings (SSSR count). The Bertz CT molecular complexity index is 444. The Labute approximate surface area is 124 Å². The highest BCUT2D eigenvalue weighted by molar-refractivity contribution is 5.84. The summed E-state index contributed by atoms with van der Waals surface area (Å²) >= 11 is 0. The summed E-state index contributed by atoms with van der Waals surface area (Å²) in [7, 11) is 0. The van der Waals surface area contributed by atoms with E-state index in [4.69, 9.17) is 4.74 Å². The van der Waals surface area contributed by atoms with Crippen LogP contribution in [0, 0.1) is 0 Å². The second-order valence-electron chi connectivity index (χ2n) is 6.51. The van der Waals surface area contributed by atoms with Crippen LogP contribution in [-0.4, -0.2) is 65.5 Å². The number of piperazine rings is 1. The Kier molecular flexibility index (Phi) is 4.39. The van der Waals surface area contributed by atoms with Crippen LogP contribution in [0.4, 0.5) is 4.79 Å². The van der Waals surface area contributed by atoms with Crippen molar-refractivity contribution in [2.24, 2.45) is 0 Å². The molecule has 7 nitrogen and oxygen atoms in total. The molecular formula is C14H23N3O4. The molecule has 0 aromatic carbocycles. The predicted octanol–water partition coefficient (Wildman–Crippen LogP) is 0.344. The van der Waals surface area contributed by atoms with E-state index in [0.717, 1.165) is 0 Å². The van der Waals surface area contributed by atoms with E-state index in [1.807, 2.05) is 0 Å². The molecule has 2 aliphatic rings. The zero-order valence-corrected chi connectivity index (χ0v) is 12.8. The number of hydrogen-bond donors (Lipinski definition) is 1. The van der Waals surface area contributed by atoms with Crippen molar-refractivity contribution < 1.29 is 19.1 Å². The topological polar surface area (TPSA) is 79.0 Å². The van der Waals surface area contributed by atoms with Gasteiger partial charge < -0.3 is 15.0 Å². The quantitative estimate of drug-likeness (QED) is 0.699. The van der Waals surface area contributed by atoms with E-state index in [-0.39, 0.29) is 24.4 Å². The van der Waals surface area contributed by atoms with Gasteiger partial charge in [0.25, 0.3) is 0 Å². The van der Waals surface area contributed by atoms with E-state index in [1.54, 1.807) is 25.7 Å². The number of amides is 3. The standard InChI is InChI=1S/C14H23N3O4/c1-14(2,3)21-13(20)16-8-10-7-15-11(18)5-4-6-17(10)12(19)9-16/h10H,4-9H2,1-3H3,(H,15,18). The van der Waals surface area contributed by atoms with Crippen LogP contribution in [0.5, 0.6) is 0 Å². The smallest absolute Gasteiger partial charge is 0.410 e. The summed E-state index contributed by atoms with van der Waals surface area (Å²) in [5, 5.41) is 2.80. The van der Waals surface area contributed by atoms with E-state index < -0.39 is 11.7 Å². The van der Waals surface area contributed by atoms with Gasteiger partial charge in [-0.25, -0.2) is 4.79 Å². The van der Waals surface area contributed by atoms with E-state index in [0.29, 0.717) is 32.5 Å². The second-order valence-corrected chi connectivity index (χ2v) is 6.51. The van der Waals surface area contributed by atoms with Crippen molar-refractivity contribution in [2.45, 2.75) is 45.3 Å². The summed E-state index contributed by atoms with van der Waals surface area (Å²) in [5.41, 5.74) is -0.591. The maximum atomic E-state index is 12.2. The lowest BCUT2D eigenvalue weighted by atomic mass is 10.1. The minimum Gasteiger partial charge on any atom is -0.444 e. The highest BCUT2D eigenvalue weighted by atomic mass is 16.6. The van der Waals surface area contributed by atoms with Crippen LogP contribution >= 0.6 is 0 Å². The van der Waals surface area contributed by atoms with Crippen LogP contribution in [0.3, 0.4) is 0 Å². The lowest BCUT2D eigenvalue weighted by molar-refractivity contribution is -0.141. The van der Waals surface area contributed by atoms with Gasteiger partial charge in [-0.15, -0.1) is 0 Å². The van der Waals surface area contributed by atoms with Gasteiger partial charge in [0.2, 0.25) is 11.8 Å². The summed E-state index contributed by atoms with van der Waals surface area (Å²) < 4.78 is 5.31. The Morgan fingerprint density at radius 1 is 1.33 bits per heavy atom. The molecule has 3 amide bonds. The third kappa shape index (κ3) is 4.09. The van der Waals surface area contributed by atoms with Crippen LogP contribution in [-0.2, 0) is 14.3 Å². The van der Waals surface area contributed by atoms with Crippen LogP contribution in [0.25, 0.3) is 0 Å². The van der Waals surface area contributed by atoms with Crippen LogP contribution < -0.4 is 5.32 Å². The second kappa shape index (κ2) is 5.91. The third-order valence-electron chi connectivity index (χ3n) is 3.51. The Morgan fingerprint density at radius 3 is 2.71 bits per heavy atom. The Hall–Kier alpha value is -1.79. The molecule has 21 heavy (non-hydrogen) atoms. The molecule has 0 bridgehead atoms. The van der Waals surface area contributed by atoms with Crippen molar-refractivity contribution in [3.63, 3.8) is 0 Å². The molecule has 0 radical (unpaired) electrons. The van der Waals surface area contributed by atoms with Gasteiger partial charge in [0.05, 0.1) is 6.04 Å². The average Bonchev–Trinajstić information content (AvgIpc) is 2.33. The Morgan fingerprint density at radius 2 is 2.05 bits per heavy atom. The average molecular weight is 297 g/mol. The van der Waals surface area contributed by atoms with Gasteiger partial charge in [-0.2, -0.15) is 0 Å². The molecule has 0 aromatic heterocycles. The molecule has 2 fully saturated rings. The molecular weight excluding hydrogens is 274 g/mol. The SMILES string of the molecule is CC(C)(C)OC(=O)N1CC(=O)N2CCCC(=O)NCC2C1. The Balaban J connectivity index is 2.04. The monoisotopic (exact) mass is 297 g/mol. The van der Waals surface area contributed by atoms with Crippen molar-refractivity contribution in [2.75, 3.05) is 26.2 Å². The van der Waals surface area contributed by atoms with E-state index >= 15 is 0 Å². The van der Waals surface area contributed by atoms with Gasteiger partial charge in [0, 0.05) is 26.1 Å². The van der Waals surface area contributed by atoms with Gasteiger partial charge in [-0.3, -0.25) is 14.5 Å². The summed E-state index contributed by atoms with van der Waals surface area (Å²) in [6.45, 7) is 6.75. The van der Waals surface area contributed by atoms with Crippen molar-refractivity contribution in [3.05, 3.63) is 0 Å². The van der Waals surface area contributed by atoms with E-state index in [2.05, 4.69) is 5.32 Å². The summed E-state index contributed by atoms with van der Waals surface area (Å²) in [6.07, 6.45) is 0.608. The van der Waals surface area contributed by atoms with Crippen LogP contribution in [0.1, 0.15) is 33.6 Å². The lowest BCUT2D eigenvalue weighted by Crippen LogP contribution is -2.62. The zero-order chi connectivity index (χ0) is 15.6. The molecule has 118 valence electrons. The number of fused-ring (bicyclic) bond motifs is 1. The van der Waals surface area contributed by atoms with Gasteiger partial charge >= 0.3 is 6.09 Å². The maximum Gasteiger partial charge on any atom is 0.410 e. The first-order chi connectivity index (χ1) is 9.76. The molecule has 1 unspecified atom stereocenters.